The van der Waals surface area contributed by atoms with Gasteiger partial charge in [-0.25, -0.2) is 0 Å². The van der Waals surface area contributed by atoms with Crippen LogP contribution in [0.25, 0.3) is 0 Å². The van der Waals surface area contributed by atoms with Gasteiger partial charge in [0.15, 0.2) is 0 Å². The summed E-state index contributed by atoms with van der Waals surface area (Å²) in [6.07, 6.45) is 6.79. The molecule has 3 atom stereocenters. The smallest absolute Gasteiger partial charge is 0.129 e. The van der Waals surface area contributed by atoms with Crippen molar-refractivity contribution in [1.82, 2.24) is 5.32 Å². The Labute approximate surface area is 116 Å². The van der Waals surface area contributed by atoms with Gasteiger partial charge in [0.05, 0.1) is 6.26 Å². The Bertz CT molecular complexity index is 337. The summed E-state index contributed by atoms with van der Waals surface area (Å²) in [5.74, 6) is 2.67. The molecule has 1 fully saturated rings. The second-order valence-electron chi connectivity index (χ2n) is 5.90. The minimum absolute atomic E-state index is 0.588. The van der Waals surface area contributed by atoms with Crippen LogP contribution in [0.1, 0.15) is 45.3 Å². The molecule has 0 aromatic carbocycles. The summed E-state index contributed by atoms with van der Waals surface area (Å²) in [4.78, 5) is 0. The molecule has 1 aromatic rings. The van der Waals surface area contributed by atoms with Crippen molar-refractivity contribution in [2.45, 2.75) is 52.2 Å². The lowest BCUT2D eigenvalue weighted by Gasteiger charge is -2.32. The maximum absolute atomic E-state index is 5.57. The van der Waals surface area contributed by atoms with E-state index in [2.05, 4.69) is 19.2 Å². The van der Waals surface area contributed by atoms with Gasteiger partial charge in [0.2, 0.25) is 0 Å². The van der Waals surface area contributed by atoms with E-state index >= 15 is 0 Å². The second-order valence-corrected chi connectivity index (χ2v) is 5.90. The molecule has 1 N–H and O–H groups in total. The molecule has 1 aromatic heterocycles. The molecule has 19 heavy (non-hydrogen) atoms. The van der Waals surface area contributed by atoms with Crippen LogP contribution in [0.15, 0.2) is 22.8 Å². The van der Waals surface area contributed by atoms with E-state index in [4.69, 9.17) is 9.15 Å². The van der Waals surface area contributed by atoms with Gasteiger partial charge in [-0.15, -0.1) is 0 Å². The number of furan rings is 1. The molecule has 0 aliphatic heterocycles. The highest BCUT2D eigenvalue weighted by Gasteiger charge is 2.23. The van der Waals surface area contributed by atoms with Crippen molar-refractivity contribution in [3.05, 3.63) is 24.2 Å². The Hall–Kier alpha value is -0.800. The SMILES string of the molecule is CC1CCC(NCCCOCc2ccco2)CC1C. The third-order valence-electron chi connectivity index (χ3n) is 4.32. The molecular weight excluding hydrogens is 238 g/mol. The summed E-state index contributed by atoms with van der Waals surface area (Å²) >= 11 is 0. The molecule has 0 radical (unpaired) electrons. The summed E-state index contributed by atoms with van der Waals surface area (Å²) in [6, 6.07) is 4.56. The predicted octanol–water partition coefficient (Wildman–Crippen LogP) is 3.60. The maximum Gasteiger partial charge on any atom is 0.129 e. The van der Waals surface area contributed by atoms with Gasteiger partial charge in [0.1, 0.15) is 12.4 Å². The van der Waals surface area contributed by atoms with E-state index in [9.17, 15) is 0 Å². The van der Waals surface area contributed by atoms with Gasteiger partial charge in [0, 0.05) is 12.6 Å². The standard InChI is InChI=1S/C16H27NO2/c1-13-6-7-15(11-14(13)2)17-8-4-9-18-12-16-5-3-10-19-16/h3,5,10,13-15,17H,4,6-9,11-12H2,1-2H3. The minimum atomic E-state index is 0.588. The van der Waals surface area contributed by atoms with Crippen LogP contribution < -0.4 is 5.32 Å². The summed E-state index contributed by atoms with van der Waals surface area (Å²) in [5, 5.41) is 3.66. The molecule has 1 aliphatic rings. The zero-order valence-electron chi connectivity index (χ0n) is 12.2. The summed E-state index contributed by atoms with van der Waals surface area (Å²) in [7, 11) is 0. The molecule has 0 saturated heterocycles. The molecule has 0 spiro atoms. The van der Waals surface area contributed by atoms with Crippen LogP contribution in [0.2, 0.25) is 0 Å². The highest BCUT2D eigenvalue weighted by molar-refractivity contribution is 4.95. The lowest BCUT2D eigenvalue weighted by atomic mass is 9.79. The molecular formula is C16H27NO2. The van der Waals surface area contributed by atoms with Crippen LogP contribution in [-0.2, 0) is 11.3 Å². The van der Waals surface area contributed by atoms with Gasteiger partial charge in [-0.2, -0.15) is 0 Å². The van der Waals surface area contributed by atoms with E-state index in [-0.39, 0.29) is 0 Å². The fourth-order valence-corrected chi connectivity index (χ4v) is 2.78. The molecule has 1 heterocycles. The van der Waals surface area contributed by atoms with Crippen molar-refractivity contribution in [1.29, 1.82) is 0 Å². The number of ether oxygens (including phenoxy) is 1. The number of nitrogens with one attached hydrogen (secondary N) is 1. The maximum atomic E-state index is 5.57. The highest BCUT2D eigenvalue weighted by Crippen LogP contribution is 2.29. The van der Waals surface area contributed by atoms with Gasteiger partial charge >= 0.3 is 0 Å². The van der Waals surface area contributed by atoms with E-state index in [1.807, 2.05) is 12.1 Å². The highest BCUT2D eigenvalue weighted by atomic mass is 16.5. The third kappa shape index (κ3) is 5.00. The molecule has 108 valence electrons. The number of hydrogen-bond acceptors (Lipinski definition) is 3. The van der Waals surface area contributed by atoms with Gasteiger partial charge in [-0.3, -0.25) is 0 Å². The topological polar surface area (TPSA) is 34.4 Å². The monoisotopic (exact) mass is 265 g/mol. The van der Waals surface area contributed by atoms with E-state index in [0.717, 1.165) is 43.2 Å². The first kappa shape index (κ1) is 14.6. The van der Waals surface area contributed by atoms with Crippen molar-refractivity contribution in [2.24, 2.45) is 11.8 Å². The van der Waals surface area contributed by atoms with E-state index in [0.29, 0.717) is 6.61 Å². The Morgan fingerprint density at radius 3 is 2.95 bits per heavy atom. The fraction of sp³-hybridized carbons (Fsp3) is 0.750. The molecule has 3 unspecified atom stereocenters. The van der Waals surface area contributed by atoms with Gasteiger partial charge in [0.25, 0.3) is 0 Å². The average Bonchev–Trinajstić information content (AvgIpc) is 2.91. The quantitative estimate of drug-likeness (QED) is 0.765. The van der Waals surface area contributed by atoms with Crippen molar-refractivity contribution >= 4 is 0 Å². The van der Waals surface area contributed by atoms with Crippen molar-refractivity contribution in [3.8, 4) is 0 Å². The first-order valence-corrected chi connectivity index (χ1v) is 7.59. The van der Waals surface area contributed by atoms with E-state index in [1.54, 1.807) is 6.26 Å². The molecule has 3 nitrogen and oxygen atoms in total. The lowest BCUT2D eigenvalue weighted by Crippen LogP contribution is -2.36. The summed E-state index contributed by atoms with van der Waals surface area (Å²) in [6.45, 7) is 7.20. The number of hydrogen-bond donors (Lipinski definition) is 1. The van der Waals surface area contributed by atoms with Crippen LogP contribution in [-0.4, -0.2) is 19.2 Å². The van der Waals surface area contributed by atoms with Crippen molar-refractivity contribution in [3.63, 3.8) is 0 Å². The van der Waals surface area contributed by atoms with Crippen molar-refractivity contribution in [2.75, 3.05) is 13.2 Å². The van der Waals surface area contributed by atoms with Gasteiger partial charge in [-0.05, 0) is 56.2 Å². The van der Waals surface area contributed by atoms with Gasteiger partial charge in [-0.1, -0.05) is 13.8 Å². The van der Waals surface area contributed by atoms with E-state index in [1.165, 1.54) is 19.3 Å². The minimum Gasteiger partial charge on any atom is -0.467 e. The average molecular weight is 265 g/mol. The molecule has 1 saturated carbocycles. The van der Waals surface area contributed by atoms with Crippen LogP contribution in [0.5, 0.6) is 0 Å². The van der Waals surface area contributed by atoms with Crippen LogP contribution in [0.4, 0.5) is 0 Å². The fourth-order valence-electron chi connectivity index (χ4n) is 2.78. The Balaban J connectivity index is 1.48. The van der Waals surface area contributed by atoms with Crippen LogP contribution in [0, 0.1) is 11.8 Å². The largest absolute Gasteiger partial charge is 0.467 e. The van der Waals surface area contributed by atoms with Gasteiger partial charge < -0.3 is 14.5 Å². The Morgan fingerprint density at radius 2 is 2.21 bits per heavy atom. The Kier molecular flexibility index (Phi) is 5.93. The van der Waals surface area contributed by atoms with Crippen molar-refractivity contribution < 1.29 is 9.15 Å². The zero-order valence-corrected chi connectivity index (χ0v) is 12.2. The molecule has 0 amide bonds. The molecule has 1 aliphatic carbocycles. The summed E-state index contributed by atoms with van der Waals surface area (Å²) in [5.41, 5.74) is 0. The number of rotatable bonds is 7. The van der Waals surface area contributed by atoms with Crippen LogP contribution >= 0.6 is 0 Å². The normalized spacial score (nSPS) is 27.6. The third-order valence-corrected chi connectivity index (χ3v) is 4.32. The lowest BCUT2D eigenvalue weighted by molar-refractivity contribution is 0.102. The summed E-state index contributed by atoms with van der Waals surface area (Å²) < 4.78 is 10.8. The predicted molar refractivity (Wildman–Crippen MR) is 77.0 cm³/mol. The first-order chi connectivity index (χ1) is 9.25. The second kappa shape index (κ2) is 7.71. The van der Waals surface area contributed by atoms with Crippen LogP contribution in [0.3, 0.4) is 0 Å². The molecule has 3 heteroatoms. The first-order valence-electron chi connectivity index (χ1n) is 7.59. The molecule has 0 bridgehead atoms. The molecule has 2 rings (SSSR count). The van der Waals surface area contributed by atoms with E-state index < -0.39 is 0 Å². The zero-order chi connectivity index (χ0) is 13.5. The Morgan fingerprint density at radius 1 is 1.32 bits per heavy atom.